The maximum absolute atomic E-state index is 6.33. The van der Waals surface area contributed by atoms with Crippen LogP contribution in [0.15, 0.2) is 16.3 Å². The molecule has 4 atom stereocenters. The van der Waals surface area contributed by atoms with Crippen LogP contribution in [0.2, 0.25) is 0 Å². The summed E-state index contributed by atoms with van der Waals surface area (Å²) in [4.78, 5) is 23.8. The zero-order chi connectivity index (χ0) is 21.7. The summed E-state index contributed by atoms with van der Waals surface area (Å²) in [6.07, 6.45) is 5.88. The van der Waals surface area contributed by atoms with Crippen molar-refractivity contribution in [1.29, 1.82) is 0 Å². The number of aromatic nitrogens is 4. The van der Waals surface area contributed by atoms with E-state index in [4.69, 9.17) is 13.8 Å². The zero-order valence-electron chi connectivity index (χ0n) is 18.4. The van der Waals surface area contributed by atoms with Crippen LogP contribution >= 0.6 is 8.38 Å². The van der Waals surface area contributed by atoms with Crippen molar-refractivity contribution in [2.45, 2.75) is 52.0 Å². The summed E-state index contributed by atoms with van der Waals surface area (Å²) < 4.78 is 20.1. The van der Waals surface area contributed by atoms with Gasteiger partial charge in [0.05, 0.1) is 18.5 Å². The average molecular weight is 435 g/mol. The van der Waals surface area contributed by atoms with E-state index < -0.39 is 8.38 Å². The molecule has 0 aliphatic carbocycles. The van der Waals surface area contributed by atoms with Crippen molar-refractivity contribution in [2.24, 2.45) is 9.98 Å². The maximum atomic E-state index is 6.33. The molecule has 11 heteroatoms. The van der Waals surface area contributed by atoms with Gasteiger partial charge in [0.2, 0.25) is 8.38 Å². The van der Waals surface area contributed by atoms with Gasteiger partial charge in [0.25, 0.3) is 0 Å². The molecular weight excluding hydrogens is 405 g/mol. The molecular formula is C19H30N7O3P. The van der Waals surface area contributed by atoms with E-state index in [1.54, 1.807) is 6.34 Å². The molecule has 1 saturated heterocycles. The molecule has 0 N–H and O–H groups in total. The van der Waals surface area contributed by atoms with Crippen molar-refractivity contribution in [3.63, 3.8) is 0 Å². The zero-order valence-corrected chi connectivity index (χ0v) is 19.3. The lowest BCUT2D eigenvalue weighted by molar-refractivity contribution is -0.0146. The van der Waals surface area contributed by atoms with Crippen LogP contribution in [0.5, 0.6) is 0 Å². The van der Waals surface area contributed by atoms with Gasteiger partial charge in [-0.15, -0.1) is 0 Å². The minimum Gasteiger partial charge on any atom is -0.437 e. The van der Waals surface area contributed by atoms with Gasteiger partial charge in [-0.1, -0.05) is 6.92 Å². The molecule has 0 bridgehead atoms. The van der Waals surface area contributed by atoms with Gasteiger partial charge in [-0.3, -0.25) is 9.56 Å². The van der Waals surface area contributed by atoms with Gasteiger partial charge >= 0.3 is 0 Å². The van der Waals surface area contributed by atoms with Gasteiger partial charge < -0.3 is 18.7 Å². The summed E-state index contributed by atoms with van der Waals surface area (Å²) in [7, 11) is 2.74. The molecule has 2 aromatic rings. The lowest BCUT2D eigenvalue weighted by Gasteiger charge is -2.19. The Morgan fingerprint density at radius 3 is 2.87 bits per heavy atom. The third kappa shape index (κ3) is 5.11. The summed E-state index contributed by atoms with van der Waals surface area (Å²) in [5.74, 6) is 1.34. The number of rotatable bonds is 9. The highest BCUT2D eigenvalue weighted by molar-refractivity contribution is 7.46. The monoisotopic (exact) mass is 435 g/mol. The van der Waals surface area contributed by atoms with E-state index in [1.165, 1.54) is 12.7 Å². The predicted octanol–water partition coefficient (Wildman–Crippen LogP) is 3.45. The van der Waals surface area contributed by atoms with Crippen LogP contribution in [0.1, 0.15) is 38.7 Å². The number of nitrogens with zero attached hydrogens (tertiary/aromatic N) is 7. The normalized spacial score (nSPS) is 23.1. The second kappa shape index (κ2) is 10.2. The molecule has 164 valence electrons. The van der Waals surface area contributed by atoms with Gasteiger partial charge in [-0.25, -0.2) is 19.9 Å². The minimum absolute atomic E-state index is 0.0309. The third-order valence-electron chi connectivity index (χ3n) is 4.65. The lowest BCUT2D eigenvalue weighted by Crippen LogP contribution is -2.22. The molecule has 0 saturated carbocycles. The number of ether oxygens (including phenoxy) is 1. The average Bonchev–Trinajstić information content (AvgIpc) is 3.25. The predicted molar refractivity (Wildman–Crippen MR) is 119 cm³/mol. The van der Waals surface area contributed by atoms with Crippen LogP contribution in [-0.2, 0) is 13.8 Å². The van der Waals surface area contributed by atoms with Gasteiger partial charge in [0.1, 0.15) is 18.4 Å². The summed E-state index contributed by atoms with van der Waals surface area (Å²) in [5.41, 5.74) is 1.37. The first-order chi connectivity index (χ1) is 14.4. The number of aliphatic imine (C=N–C) groups is 2. The van der Waals surface area contributed by atoms with Crippen LogP contribution in [0.3, 0.4) is 0 Å². The molecule has 0 radical (unpaired) electrons. The molecule has 30 heavy (non-hydrogen) atoms. The Kier molecular flexibility index (Phi) is 7.69. The third-order valence-corrected chi connectivity index (χ3v) is 5.61. The Bertz CT molecular complexity index is 902. The highest BCUT2D eigenvalue weighted by atomic mass is 31.2. The Hall–Kier alpha value is -2.16. The van der Waals surface area contributed by atoms with Crippen LogP contribution in [0, 0.1) is 6.92 Å². The maximum Gasteiger partial charge on any atom is 0.228 e. The molecule has 4 unspecified atom stereocenters. The fraction of sp³-hybridized carbons (Fsp3) is 0.632. The highest BCUT2D eigenvalue weighted by Crippen LogP contribution is 2.43. The SMILES string of the molecule is CCN=COP(C)OC1CC(n2c(C)nc3c(N=CN(C)C)ncnc32)OC1CC. The van der Waals surface area contributed by atoms with Crippen LogP contribution in [0.25, 0.3) is 11.2 Å². The molecule has 1 aliphatic heterocycles. The molecule has 2 aromatic heterocycles. The summed E-state index contributed by atoms with van der Waals surface area (Å²) in [6.45, 7) is 8.61. The number of hydrogen-bond donors (Lipinski definition) is 0. The molecule has 1 fully saturated rings. The Labute approximate surface area is 178 Å². The van der Waals surface area contributed by atoms with Crippen molar-refractivity contribution in [2.75, 3.05) is 27.3 Å². The first kappa shape index (κ1) is 22.5. The van der Waals surface area contributed by atoms with Gasteiger partial charge in [0.15, 0.2) is 23.4 Å². The Balaban J connectivity index is 1.83. The van der Waals surface area contributed by atoms with Crippen molar-refractivity contribution < 1.29 is 13.8 Å². The molecule has 3 rings (SSSR count). The van der Waals surface area contributed by atoms with Crippen LogP contribution < -0.4 is 0 Å². The molecule has 0 amide bonds. The molecule has 10 nitrogen and oxygen atoms in total. The summed E-state index contributed by atoms with van der Waals surface area (Å²) >= 11 is 0. The van der Waals surface area contributed by atoms with Crippen molar-refractivity contribution in [3.05, 3.63) is 12.2 Å². The fourth-order valence-corrected chi connectivity index (χ4v) is 4.19. The van der Waals surface area contributed by atoms with E-state index in [-0.39, 0.29) is 18.4 Å². The van der Waals surface area contributed by atoms with E-state index in [2.05, 4.69) is 31.9 Å². The van der Waals surface area contributed by atoms with E-state index >= 15 is 0 Å². The second-order valence-electron chi connectivity index (χ2n) is 7.17. The Morgan fingerprint density at radius 2 is 2.17 bits per heavy atom. The number of hydrogen-bond acceptors (Lipinski definition) is 8. The minimum atomic E-state index is -1.07. The topological polar surface area (TPSA) is 99.2 Å². The molecule has 3 heterocycles. The van der Waals surface area contributed by atoms with Gasteiger partial charge in [-0.2, -0.15) is 0 Å². The van der Waals surface area contributed by atoms with E-state index in [0.29, 0.717) is 29.9 Å². The van der Waals surface area contributed by atoms with Crippen molar-refractivity contribution in [1.82, 2.24) is 24.4 Å². The highest BCUT2D eigenvalue weighted by Gasteiger charge is 2.39. The fourth-order valence-electron chi connectivity index (χ4n) is 3.34. The quantitative estimate of drug-likeness (QED) is 0.338. The van der Waals surface area contributed by atoms with Crippen LogP contribution in [0.4, 0.5) is 5.82 Å². The summed E-state index contributed by atoms with van der Waals surface area (Å²) in [6, 6.07) is 0. The van der Waals surface area contributed by atoms with Crippen molar-refractivity contribution >= 4 is 38.1 Å². The summed E-state index contributed by atoms with van der Waals surface area (Å²) in [5, 5.41) is 0. The first-order valence-corrected chi connectivity index (χ1v) is 11.7. The first-order valence-electron chi connectivity index (χ1n) is 10.1. The van der Waals surface area contributed by atoms with Crippen molar-refractivity contribution in [3.8, 4) is 0 Å². The van der Waals surface area contributed by atoms with Crippen LogP contribution in [-0.4, -0.2) is 76.7 Å². The van der Waals surface area contributed by atoms with E-state index in [1.807, 2.05) is 44.1 Å². The van der Waals surface area contributed by atoms with Gasteiger partial charge in [-0.05, 0) is 20.3 Å². The smallest absolute Gasteiger partial charge is 0.228 e. The standard InChI is InChI=1S/C19H30N7O3P/c1-7-14-15(29-30(6)27-12-20-8-2)9-16(28-14)26-13(3)24-17-18(23-11-25(4)5)21-10-22-19(17)26/h10-12,14-16H,7-9H2,1-6H3. The molecule has 1 aliphatic rings. The molecule has 0 aromatic carbocycles. The van der Waals surface area contributed by atoms with E-state index in [9.17, 15) is 0 Å². The molecule has 0 spiro atoms. The Morgan fingerprint density at radius 1 is 1.37 bits per heavy atom. The van der Waals surface area contributed by atoms with E-state index in [0.717, 1.165) is 12.2 Å². The lowest BCUT2D eigenvalue weighted by atomic mass is 10.1. The second-order valence-corrected chi connectivity index (χ2v) is 8.47. The number of fused-ring (bicyclic) bond motifs is 1. The number of aryl methyl sites for hydroxylation is 1. The van der Waals surface area contributed by atoms with Gasteiger partial charge in [0, 0.05) is 33.7 Å². The number of imidazole rings is 1. The largest absolute Gasteiger partial charge is 0.437 e.